The van der Waals surface area contributed by atoms with Crippen molar-refractivity contribution < 1.29 is 4.79 Å². The molecular weight excluding hydrogens is 280 g/mol. The second kappa shape index (κ2) is 6.27. The second-order valence-electron chi connectivity index (χ2n) is 6.23. The molecule has 1 aromatic heterocycles. The Bertz CT molecular complexity index is 744. The molecule has 1 heterocycles. The number of hydrogen-bond acceptors (Lipinski definition) is 4. The minimum Gasteiger partial charge on any atom is -0.354 e. The second-order valence-corrected chi connectivity index (χ2v) is 6.23. The zero-order valence-electron chi connectivity index (χ0n) is 13.2. The Balaban J connectivity index is 2.08. The van der Waals surface area contributed by atoms with Crippen molar-refractivity contribution in [1.82, 2.24) is 14.9 Å². The smallest absolute Gasteiger partial charge is 0.261 e. The van der Waals surface area contributed by atoms with E-state index < -0.39 is 5.54 Å². The zero-order valence-corrected chi connectivity index (χ0v) is 13.2. The Kier molecular flexibility index (Phi) is 4.61. The third kappa shape index (κ3) is 3.92. The molecule has 0 saturated heterocycles. The SMILES string of the molecule is Cc1cccc2c(=O)n(CCC(=O)NCC(C)(C)N)cnc12. The first-order valence-electron chi connectivity index (χ1n) is 7.28. The van der Waals surface area contributed by atoms with Gasteiger partial charge in [0, 0.05) is 25.0 Å². The topological polar surface area (TPSA) is 90.0 Å². The predicted molar refractivity (Wildman–Crippen MR) is 86.6 cm³/mol. The number of aryl methyl sites for hydroxylation is 2. The number of amides is 1. The van der Waals surface area contributed by atoms with E-state index in [2.05, 4.69) is 10.3 Å². The average molecular weight is 302 g/mol. The van der Waals surface area contributed by atoms with E-state index in [1.54, 1.807) is 6.07 Å². The van der Waals surface area contributed by atoms with Crippen LogP contribution < -0.4 is 16.6 Å². The van der Waals surface area contributed by atoms with Gasteiger partial charge in [0.2, 0.25) is 5.91 Å². The molecule has 0 aliphatic carbocycles. The monoisotopic (exact) mass is 302 g/mol. The maximum absolute atomic E-state index is 12.4. The van der Waals surface area contributed by atoms with Crippen LogP contribution in [0.2, 0.25) is 0 Å². The number of fused-ring (bicyclic) bond motifs is 1. The lowest BCUT2D eigenvalue weighted by Crippen LogP contribution is -2.45. The van der Waals surface area contributed by atoms with Crippen molar-refractivity contribution in [3.05, 3.63) is 40.4 Å². The van der Waals surface area contributed by atoms with Crippen LogP contribution >= 0.6 is 0 Å². The number of para-hydroxylation sites is 1. The lowest BCUT2D eigenvalue weighted by Gasteiger charge is -2.18. The van der Waals surface area contributed by atoms with Crippen molar-refractivity contribution in [1.29, 1.82) is 0 Å². The van der Waals surface area contributed by atoms with Crippen LogP contribution in [-0.2, 0) is 11.3 Å². The molecule has 0 unspecified atom stereocenters. The molecule has 2 aromatic rings. The van der Waals surface area contributed by atoms with Gasteiger partial charge in [-0.3, -0.25) is 14.2 Å². The molecule has 0 aliphatic rings. The summed E-state index contributed by atoms with van der Waals surface area (Å²) in [5, 5.41) is 3.33. The van der Waals surface area contributed by atoms with Gasteiger partial charge in [-0.15, -0.1) is 0 Å². The summed E-state index contributed by atoms with van der Waals surface area (Å²) in [4.78, 5) is 28.5. The molecule has 6 heteroatoms. The summed E-state index contributed by atoms with van der Waals surface area (Å²) in [7, 11) is 0. The van der Waals surface area contributed by atoms with Crippen molar-refractivity contribution in [2.24, 2.45) is 5.73 Å². The van der Waals surface area contributed by atoms with Crippen LogP contribution in [0.15, 0.2) is 29.3 Å². The van der Waals surface area contributed by atoms with Gasteiger partial charge in [-0.1, -0.05) is 12.1 Å². The molecule has 0 saturated carbocycles. The van der Waals surface area contributed by atoms with Crippen molar-refractivity contribution in [3.63, 3.8) is 0 Å². The first-order chi connectivity index (χ1) is 10.3. The van der Waals surface area contributed by atoms with Crippen molar-refractivity contribution in [2.75, 3.05) is 6.54 Å². The Morgan fingerprint density at radius 1 is 1.41 bits per heavy atom. The van der Waals surface area contributed by atoms with E-state index in [4.69, 9.17) is 5.73 Å². The Hall–Kier alpha value is -2.21. The molecule has 3 N–H and O–H groups in total. The number of hydrogen-bond donors (Lipinski definition) is 2. The third-order valence-electron chi connectivity index (χ3n) is 3.38. The van der Waals surface area contributed by atoms with Crippen LogP contribution in [0.1, 0.15) is 25.8 Å². The average Bonchev–Trinajstić information content (AvgIpc) is 2.44. The molecule has 0 radical (unpaired) electrons. The summed E-state index contributed by atoms with van der Waals surface area (Å²) < 4.78 is 1.47. The van der Waals surface area contributed by atoms with Gasteiger partial charge in [0.15, 0.2) is 0 Å². The summed E-state index contributed by atoms with van der Waals surface area (Å²) in [6, 6.07) is 5.51. The highest BCUT2D eigenvalue weighted by atomic mass is 16.1. The third-order valence-corrected chi connectivity index (χ3v) is 3.38. The molecule has 118 valence electrons. The van der Waals surface area contributed by atoms with Crippen LogP contribution in [0.4, 0.5) is 0 Å². The van der Waals surface area contributed by atoms with Gasteiger partial charge in [0.05, 0.1) is 17.2 Å². The maximum atomic E-state index is 12.4. The Labute approximate surface area is 129 Å². The molecule has 6 nitrogen and oxygen atoms in total. The lowest BCUT2D eigenvalue weighted by atomic mass is 10.1. The summed E-state index contributed by atoms with van der Waals surface area (Å²) in [6.07, 6.45) is 1.72. The molecular formula is C16H22N4O2. The van der Waals surface area contributed by atoms with Gasteiger partial charge < -0.3 is 11.1 Å². The van der Waals surface area contributed by atoms with Crippen molar-refractivity contribution in [2.45, 2.75) is 39.3 Å². The molecule has 1 amide bonds. The summed E-state index contributed by atoms with van der Waals surface area (Å²) in [5.74, 6) is -0.130. The minimum atomic E-state index is -0.450. The Morgan fingerprint density at radius 3 is 2.82 bits per heavy atom. The van der Waals surface area contributed by atoms with Crippen molar-refractivity contribution >= 4 is 16.8 Å². The first kappa shape index (κ1) is 16.2. The highest BCUT2D eigenvalue weighted by Crippen LogP contribution is 2.11. The van der Waals surface area contributed by atoms with Gasteiger partial charge in [-0.05, 0) is 32.4 Å². The fraction of sp³-hybridized carbons (Fsp3) is 0.438. The maximum Gasteiger partial charge on any atom is 0.261 e. The van der Waals surface area contributed by atoms with Crippen LogP contribution in [0.25, 0.3) is 10.9 Å². The van der Waals surface area contributed by atoms with Crippen molar-refractivity contribution in [3.8, 4) is 0 Å². The number of nitrogens with zero attached hydrogens (tertiary/aromatic N) is 2. The molecule has 0 bridgehead atoms. The molecule has 1 aromatic carbocycles. The van der Waals surface area contributed by atoms with Gasteiger partial charge in [0.1, 0.15) is 0 Å². The van der Waals surface area contributed by atoms with Crippen LogP contribution in [0.3, 0.4) is 0 Å². The number of aromatic nitrogens is 2. The largest absolute Gasteiger partial charge is 0.354 e. The number of nitrogens with one attached hydrogen (secondary N) is 1. The summed E-state index contributed by atoms with van der Waals surface area (Å²) in [6.45, 7) is 6.30. The van der Waals surface area contributed by atoms with E-state index >= 15 is 0 Å². The van der Waals surface area contributed by atoms with Crippen LogP contribution in [0, 0.1) is 6.92 Å². The standard InChI is InChI=1S/C16H22N4O2/c1-11-5-4-6-12-14(11)19-10-20(15(12)22)8-7-13(21)18-9-16(2,3)17/h4-6,10H,7-9,17H2,1-3H3,(H,18,21). The number of rotatable bonds is 5. The molecule has 22 heavy (non-hydrogen) atoms. The van der Waals surface area contributed by atoms with E-state index in [1.165, 1.54) is 10.9 Å². The van der Waals surface area contributed by atoms with E-state index in [0.29, 0.717) is 24.0 Å². The van der Waals surface area contributed by atoms with E-state index in [1.807, 2.05) is 32.9 Å². The molecule has 0 spiro atoms. The normalized spacial score (nSPS) is 11.6. The number of benzene rings is 1. The van der Waals surface area contributed by atoms with Gasteiger partial charge in [-0.25, -0.2) is 4.98 Å². The highest BCUT2D eigenvalue weighted by molar-refractivity contribution is 5.80. The highest BCUT2D eigenvalue weighted by Gasteiger charge is 2.12. The number of carbonyl (C=O) groups excluding carboxylic acids is 1. The minimum absolute atomic E-state index is 0.124. The predicted octanol–water partition coefficient (Wildman–Crippen LogP) is 0.949. The van der Waals surface area contributed by atoms with Crippen LogP contribution in [0.5, 0.6) is 0 Å². The van der Waals surface area contributed by atoms with Gasteiger partial charge >= 0.3 is 0 Å². The summed E-state index contributed by atoms with van der Waals surface area (Å²) >= 11 is 0. The first-order valence-corrected chi connectivity index (χ1v) is 7.28. The Morgan fingerprint density at radius 2 is 2.14 bits per heavy atom. The molecule has 0 atom stereocenters. The van der Waals surface area contributed by atoms with E-state index in [0.717, 1.165) is 5.56 Å². The lowest BCUT2D eigenvalue weighted by molar-refractivity contribution is -0.121. The molecule has 0 fully saturated rings. The van der Waals surface area contributed by atoms with E-state index in [-0.39, 0.29) is 17.9 Å². The molecule has 2 rings (SSSR count). The quantitative estimate of drug-likeness (QED) is 0.860. The number of carbonyl (C=O) groups is 1. The molecule has 0 aliphatic heterocycles. The number of nitrogens with two attached hydrogens (primary N) is 1. The zero-order chi connectivity index (χ0) is 16.3. The summed E-state index contributed by atoms with van der Waals surface area (Å²) in [5.41, 5.74) is 6.91. The van der Waals surface area contributed by atoms with Gasteiger partial charge in [0.25, 0.3) is 5.56 Å². The van der Waals surface area contributed by atoms with Crippen LogP contribution in [-0.4, -0.2) is 27.5 Å². The fourth-order valence-electron chi connectivity index (χ4n) is 2.13. The van der Waals surface area contributed by atoms with E-state index in [9.17, 15) is 9.59 Å². The fourth-order valence-corrected chi connectivity index (χ4v) is 2.13. The van der Waals surface area contributed by atoms with Gasteiger partial charge in [-0.2, -0.15) is 0 Å².